The number of benzene rings is 2. The van der Waals surface area contributed by atoms with Crippen molar-refractivity contribution < 1.29 is 14.7 Å². The fourth-order valence-corrected chi connectivity index (χ4v) is 4.30. The molecular formula is C22H26ClN3O3. The number of hydrogen-bond donors (Lipinski definition) is 2. The van der Waals surface area contributed by atoms with Crippen molar-refractivity contribution in [2.75, 3.05) is 36.4 Å². The van der Waals surface area contributed by atoms with Gasteiger partial charge in [0.1, 0.15) is 0 Å². The third-order valence-electron chi connectivity index (χ3n) is 5.55. The molecule has 0 spiro atoms. The molecule has 0 unspecified atom stereocenters. The number of halogens is 1. The van der Waals surface area contributed by atoms with E-state index in [9.17, 15) is 14.7 Å². The van der Waals surface area contributed by atoms with E-state index in [1.54, 1.807) is 41.3 Å². The number of amides is 2. The number of hydrogen-bond acceptors (Lipinski definition) is 4. The summed E-state index contributed by atoms with van der Waals surface area (Å²) in [5, 5.41) is 14.7. The topological polar surface area (TPSA) is 72.9 Å². The molecule has 0 aromatic heterocycles. The molecule has 3 rings (SSSR count). The zero-order chi connectivity index (χ0) is 21.2. The van der Waals surface area contributed by atoms with E-state index in [4.69, 9.17) is 11.6 Å². The zero-order valence-electron chi connectivity index (χ0n) is 16.9. The Kier molecular flexibility index (Phi) is 6.27. The van der Waals surface area contributed by atoms with Gasteiger partial charge in [0, 0.05) is 34.9 Å². The van der Waals surface area contributed by atoms with E-state index in [-0.39, 0.29) is 0 Å². The van der Waals surface area contributed by atoms with Gasteiger partial charge >= 0.3 is 0 Å². The molecule has 1 heterocycles. The lowest BCUT2D eigenvalue weighted by molar-refractivity contribution is -0.132. The number of likely N-dealkylation sites (N-methyl/N-ethyl adjacent to an activating group) is 1. The summed E-state index contributed by atoms with van der Waals surface area (Å²) in [7, 11) is 0. The van der Waals surface area contributed by atoms with Crippen LogP contribution in [-0.2, 0) is 15.2 Å². The molecular weight excluding hydrogens is 390 g/mol. The molecule has 29 heavy (non-hydrogen) atoms. The van der Waals surface area contributed by atoms with E-state index >= 15 is 0 Å². The van der Waals surface area contributed by atoms with E-state index in [2.05, 4.69) is 24.1 Å². The molecule has 0 bridgehead atoms. The average molecular weight is 416 g/mol. The normalized spacial score (nSPS) is 18.3. The molecule has 2 amide bonds. The summed E-state index contributed by atoms with van der Waals surface area (Å²) in [5.41, 5.74) is 0.854. The predicted molar refractivity (Wildman–Crippen MR) is 115 cm³/mol. The number of rotatable bonds is 8. The fourth-order valence-electron chi connectivity index (χ4n) is 4.02. The van der Waals surface area contributed by atoms with E-state index in [0.29, 0.717) is 52.6 Å². The quantitative estimate of drug-likeness (QED) is 0.649. The molecule has 6 nitrogen and oxygen atoms in total. The summed E-state index contributed by atoms with van der Waals surface area (Å²) in [6, 6.07) is 10.3. The van der Waals surface area contributed by atoms with Gasteiger partial charge in [0.2, 0.25) is 6.41 Å². The Bertz CT molecular complexity index is 930. The lowest BCUT2D eigenvalue weighted by Gasteiger charge is -2.26. The Morgan fingerprint density at radius 1 is 1.24 bits per heavy atom. The molecule has 1 aliphatic heterocycles. The molecule has 0 saturated carbocycles. The largest absolute Gasteiger partial charge is 0.372 e. The lowest BCUT2D eigenvalue weighted by Crippen LogP contribution is -2.44. The van der Waals surface area contributed by atoms with Crippen LogP contribution in [0.15, 0.2) is 36.4 Å². The minimum Gasteiger partial charge on any atom is -0.372 e. The van der Waals surface area contributed by atoms with Crippen LogP contribution in [0.4, 0.5) is 11.4 Å². The summed E-state index contributed by atoms with van der Waals surface area (Å²) in [5.74, 6) is -0.431. The first-order valence-electron chi connectivity index (χ1n) is 9.75. The van der Waals surface area contributed by atoms with Crippen LogP contribution < -0.4 is 10.2 Å². The SMILES string of the molecule is CCN(CC)CCN1C(=O)[C@@](O)(c2ccccc2Cl)c2c(C)cc(NC=O)cc21. The summed E-state index contributed by atoms with van der Waals surface area (Å²) < 4.78 is 0. The number of anilines is 2. The zero-order valence-corrected chi connectivity index (χ0v) is 17.7. The first kappa shape index (κ1) is 21.3. The first-order valence-corrected chi connectivity index (χ1v) is 10.1. The Balaban J connectivity index is 2.16. The highest BCUT2D eigenvalue weighted by atomic mass is 35.5. The minimum atomic E-state index is -1.87. The van der Waals surface area contributed by atoms with E-state index < -0.39 is 11.5 Å². The van der Waals surface area contributed by atoms with Crippen LogP contribution in [0.5, 0.6) is 0 Å². The van der Waals surface area contributed by atoms with Gasteiger partial charge in [0.15, 0.2) is 5.60 Å². The number of nitrogens with one attached hydrogen (secondary N) is 1. The van der Waals surface area contributed by atoms with Crippen molar-refractivity contribution in [3.05, 3.63) is 58.1 Å². The summed E-state index contributed by atoms with van der Waals surface area (Å²) in [6.07, 6.45) is 0.596. The molecule has 7 heteroatoms. The Morgan fingerprint density at radius 3 is 2.55 bits per heavy atom. The van der Waals surface area contributed by atoms with Gasteiger partial charge in [0.25, 0.3) is 5.91 Å². The number of aliphatic hydroxyl groups is 1. The molecule has 0 aliphatic carbocycles. The standard InChI is InChI=1S/C22H26ClN3O3/c1-4-25(5-2)10-11-26-19-13-16(24-14-27)12-15(3)20(19)22(29,21(26)28)17-8-6-7-9-18(17)23/h6-9,12-14,29H,4-5,10-11H2,1-3H3,(H,24,27)/t22-/m1/s1. The highest BCUT2D eigenvalue weighted by molar-refractivity contribution is 6.32. The molecule has 154 valence electrons. The summed E-state index contributed by atoms with van der Waals surface area (Å²) >= 11 is 6.38. The van der Waals surface area contributed by atoms with Crippen molar-refractivity contribution in [3.8, 4) is 0 Å². The van der Waals surface area contributed by atoms with Crippen molar-refractivity contribution in [1.82, 2.24) is 4.90 Å². The van der Waals surface area contributed by atoms with Gasteiger partial charge in [-0.2, -0.15) is 0 Å². The van der Waals surface area contributed by atoms with E-state index in [1.807, 2.05) is 6.92 Å². The number of carbonyl (C=O) groups is 2. The van der Waals surface area contributed by atoms with Gasteiger partial charge in [-0.15, -0.1) is 0 Å². The molecule has 0 radical (unpaired) electrons. The second-order valence-corrected chi connectivity index (χ2v) is 7.53. The number of carbonyl (C=O) groups excluding carboxylic acids is 2. The number of aryl methyl sites for hydroxylation is 1. The third-order valence-corrected chi connectivity index (χ3v) is 5.88. The highest BCUT2D eigenvalue weighted by Gasteiger charge is 2.52. The van der Waals surface area contributed by atoms with Gasteiger partial charge in [0.05, 0.1) is 5.69 Å². The van der Waals surface area contributed by atoms with Crippen molar-refractivity contribution in [2.24, 2.45) is 0 Å². The Hall–Kier alpha value is -2.41. The predicted octanol–water partition coefficient (Wildman–Crippen LogP) is 3.14. The molecule has 2 N–H and O–H groups in total. The summed E-state index contributed by atoms with van der Waals surface area (Å²) in [6.45, 7) is 8.78. The molecule has 2 aromatic rings. The van der Waals surface area contributed by atoms with Crippen LogP contribution in [0, 0.1) is 6.92 Å². The van der Waals surface area contributed by atoms with Crippen molar-refractivity contribution in [2.45, 2.75) is 26.4 Å². The van der Waals surface area contributed by atoms with Gasteiger partial charge in [-0.05, 0) is 43.8 Å². The van der Waals surface area contributed by atoms with Crippen molar-refractivity contribution >= 4 is 35.3 Å². The number of nitrogens with zero attached hydrogens (tertiary/aromatic N) is 2. The van der Waals surface area contributed by atoms with Gasteiger partial charge in [-0.25, -0.2) is 0 Å². The fraction of sp³-hybridized carbons (Fsp3) is 0.364. The maximum atomic E-state index is 13.6. The third kappa shape index (κ3) is 3.64. The van der Waals surface area contributed by atoms with Crippen molar-refractivity contribution in [1.29, 1.82) is 0 Å². The monoisotopic (exact) mass is 415 g/mol. The average Bonchev–Trinajstić information content (AvgIpc) is 2.91. The summed E-state index contributed by atoms with van der Waals surface area (Å²) in [4.78, 5) is 28.3. The van der Waals surface area contributed by atoms with Crippen molar-refractivity contribution in [3.63, 3.8) is 0 Å². The molecule has 1 aliphatic rings. The van der Waals surface area contributed by atoms with E-state index in [1.165, 1.54) is 0 Å². The molecule has 0 fully saturated rings. The van der Waals surface area contributed by atoms with Gasteiger partial charge in [-0.3, -0.25) is 9.59 Å². The smallest absolute Gasteiger partial charge is 0.268 e. The minimum absolute atomic E-state index is 0.328. The molecule has 1 atom stereocenters. The maximum absolute atomic E-state index is 13.6. The van der Waals surface area contributed by atoms with Crippen LogP contribution in [0.1, 0.15) is 30.5 Å². The van der Waals surface area contributed by atoms with Crippen LogP contribution in [0.25, 0.3) is 0 Å². The molecule has 0 saturated heterocycles. The van der Waals surface area contributed by atoms with Crippen LogP contribution in [0.2, 0.25) is 5.02 Å². The first-order chi connectivity index (χ1) is 13.9. The van der Waals surface area contributed by atoms with Gasteiger partial charge < -0.3 is 20.2 Å². The van der Waals surface area contributed by atoms with Crippen LogP contribution in [0.3, 0.4) is 0 Å². The second-order valence-electron chi connectivity index (χ2n) is 7.12. The second kappa shape index (κ2) is 8.53. The van der Waals surface area contributed by atoms with E-state index in [0.717, 1.165) is 13.1 Å². The highest BCUT2D eigenvalue weighted by Crippen LogP contribution is 2.48. The van der Waals surface area contributed by atoms with Crippen LogP contribution >= 0.6 is 11.6 Å². The van der Waals surface area contributed by atoms with Crippen LogP contribution in [-0.4, -0.2) is 48.5 Å². The molecule has 2 aromatic carbocycles. The lowest BCUT2D eigenvalue weighted by atomic mass is 9.85. The Morgan fingerprint density at radius 2 is 1.93 bits per heavy atom. The Labute approximate surface area is 176 Å². The maximum Gasteiger partial charge on any atom is 0.268 e. The van der Waals surface area contributed by atoms with Gasteiger partial charge in [-0.1, -0.05) is 43.6 Å². The number of fused-ring (bicyclic) bond motifs is 1.